The normalized spacial score (nSPS) is 16.9. The van der Waals surface area contributed by atoms with Gasteiger partial charge in [0.25, 0.3) is 0 Å². The highest BCUT2D eigenvalue weighted by molar-refractivity contribution is 6.29. The van der Waals surface area contributed by atoms with Gasteiger partial charge in [-0.2, -0.15) is 0 Å². The van der Waals surface area contributed by atoms with Gasteiger partial charge in [0.2, 0.25) is 0 Å². The van der Waals surface area contributed by atoms with Gasteiger partial charge in [0, 0.05) is 51.2 Å². The van der Waals surface area contributed by atoms with E-state index < -0.39 is 5.82 Å². The predicted molar refractivity (Wildman–Crippen MR) is 85.2 cm³/mol. The van der Waals surface area contributed by atoms with Gasteiger partial charge in [-0.3, -0.25) is 9.88 Å². The van der Waals surface area contributed by atoms with E-state index in [0.29, 0.717) is 11.3 Å². The van der Waals surface area contributed by atoms with Gasteiger partial charge in [-0.1, -0.05) is 17.7 Å². The summed E-state index contributed by atoms with van der Waals surface area (Å²) in [6.07, 6.45) is 3.22. The Kier molecular flexibility index (Phi) is 4.66. The van der Waals surface area contributed by atoms with Gasteiger partial charge < -0.3 is 4.90 Å². The minimum Gasteiger partial charge on any atom is -0.304 e. The van der Waals surface area contributed by atoms with Crippen molar-refractivity contribution in [3.8, 4) is 11.3 Å². The average Bonchev–Trinajstić information content (AvgIpc) is 2.51. The third-order valence-corrected chi connectivity index (χ3v) is 4.13. The van der Waals surface area contributed by atoms with Crippen molar-refractivity contribution < 1.29 is 4.39 Å². The van der Waals surface area contributed by atoms with Crippen LogP contribution in [0, 0.1) is 5.82 Å². The molecule has 1 aliphatic rings. The first-order chi connectivity index (χ1) is 10.6. The quantitative estimate of drug-likeness (QED) is 0.814. The molecule has 3 rings (SSSR count). The molecule has 0 radical (unpaired) electrons. The van der Waals surface area contributed by atoms with Crippen molar-refractivity contribution in [2.24, 2.45) is 0 Å². The van der Waals surface area contributed by atoms with Crippen LogP contribution in [0.25, 0.3) is 11.3 Å². The minimum absolute atomic E-state index is 0.146. The molecule has 1 saturated heterocycles. The summed E-state index contributed by atoms with van der Waals surface area (Å²) in [6.45, 7) is 5.19. The zero-order valence-electron chi connectivity index (χ0n) is 12.5. The van der Waals surface area contributed by atoms with Crippen LogP contribution in [0.3, 0.4) is 0 Å². The van der Waals surface area contributed by atoms with Gasteiger partial charge >= 0.3 is 0 Å². The molecule has 0 spiro atoms. The zero-order chi connectivity index (χ0) is 15.5. The lowest BCUT2D eigenvalue weighted by Gasteiger charge is -2.32. The second kappa shape index (κ2) is 6.69. The van der Waals surface area contributed by atoms with Crippen molar-refractivity contribution in [1.82, 2.24) is 19.8 Å². The Morgan fingerprint density at radius 3 is 2.55 bits per heavy atom. The summed E-state index contributed by atoms with van der Waals surface area (Å²) in [5, 5.41) is 0.146. The van der Waals surface area contributed by atoms with E-state index in [0.717, 1.165) is 38.3 Å². The molecular weight excluding hydrogens is 303 g/mol. The molecule has 2 aromatic heterocycles. The van der Waals surface area contributed by atoms with Crippen molar-refractivity contribution in [3.05, 3.63) is 47.1 Å². The second-order valence-corrected chi connectivity index (χ2v) is 6.01. The molecule has 0 amide bonds. The Labute approximate surface area is 134 Å². The lowest BCUT2D eigenvalue weighted by atomic mass is 10.1. The van der Waals surface area contributed by atoms with Crippen molar-refractivity contribution >= 4 is 11.6 Å². The highest BCUT2D eigenvalue weighted by Crippen LogP contribution is 2.22. The van der Waals surface area contributed by atoms with Crippen molar-refractivity contribution in [1.29, 1.82) is 0 Å². The Balaban J connectivity index is 1.70. The Bertz CT molecular complexity index is 639. The monoisotopic (exact) mass is 320 g/mol. The number of pyridine rings is 2. The van der Waals surface area contributed by atoms with Crippen LogP contribution in [0.2, 0.25) is 5.15 Å². The standard InChI is InChI=1S/C16H18ClFN4/c1-21-4-6-22(7-5-21)11-12-2-3-15(19-9-12)13-10-20-16(17)8-14(13)18/h2-3,8-10H,4-7,11H2,1H3. The Morgan fingerprint density at radius 2 is 1.91 bits per heavy atom. The van der Waals surface area contributed by atoms with Gasteiger partial charge in [-0.25, -0.2) is 9.37 Å². The van der Waals surface area contributed by atoms with E-state index in [1.807, 2.05) is 18.3 Å². The molecule has 1 aliphatic heterocycles. The van der Waals surface area contributed by atoms with Gasteiger partial charge in [0.15, 0.2) is 0 Å². The number of halogens is 2. The predicted octanol–water partition coefficient (Wildman–Crippen LogP) is 2.68. The third-order valence-electron chi connectivity index (χ3n) is 3.92. The summed E-state index contributed by atoms with van der Waals surface area (Å²) in [7, 11) is 2.14. The third kappa shape index (κ3) is 3.61. The van der Waals surface area contributed by atoms with Crippen LogP contribution in [0.15, 0.2) is 30.6 Å². The largest absolute Gasteiger partial charge is 0.304 e. The lowest BCUT2D eigenvalue weighted by molar-refractivity contribution is 0.148. The molecule has 0 N–H and O–H groups in total. The fraction of sp³-hybridized carbons (Fsp3) is 0.375. The molecule has 6 heteroatoms. The highest BCUT2D eigenvalue weighted by atomic mass is 35.5. The fourth-order valence-corrected chi connectivity index (χ4v) is 2.68. The summed E-state index contributed by atoms with van der Waals surface area (Å²) in [5.41, 5.74) is 2.08. The van der Waals surface area contributed by atoms with Gasteiger partial charge in [0.05, 0.1) is 11.3 Å². The van der Waals surface area contributed by atoms with Crippen LogP contribution >= 0.6 is 11.6 Å². The molecule has 0 aliphatic carbocycles. The Morgan fingerprint density at radius 1 is 1.14 bits per heavy atom. The molecule has 116 valence electrons. The SMILES string of the molecule is CN1CCN(Cc2ccc(-c3cnc(Cl)cc3F)nc2)CC1. The van der Waals surface area contributed by atoms with Crippen LogP contribution < -0.4 is 0 Å². The average molecular weight is 321 g/mol. The summed E-state index contributed by atoms with van der Waals surface area (Å²) >= 11 is 5.67. The summed E-state index contributed by atoms with van der Waals surface area (Å²) in [6, 6.07) is 5.03. The minimum atomic E-state index is -0.403. The van der Waals surface area contributed by atoms with Gasteiger partial charge in [0.1, 0.15) is 11.0 Å². The van der Waals surface area contributed by atoms with E-state index in [4.69, 9.17) is 11.6 Å². The molecule has 0 saturated carbocycles. The molecule has 22 heavy (non-hydrogen) atoms. The van der Waals surface area contributed by atoms with Crippen LogP contribution in [0.1, 0.15) is 5.56 Å². The maximum absolute atomic E-state index is 13.9. The van der Waals surface area contributed by atoms with Crippen LogP contribution in [-0.2, 0) is 6.54 Å². The zero-order valence-corrected chi connectivity index (χ0v) is 13.2. The van der Waals surface area contributed by atoms with Crippen LogP contribution in [-0.4, -0.2) is 53.0 Å². The van der Waals surface area contributed by atoms with E-state index in [2.05, 4.69) is 26.8 Å². The summed E-state index contributed by atoms with van der Waals surface area (Å²) in [5.74, 6) is -0.403. The number of hydrogen-bond donors (Lipinski definition) is 0. The summed E-state index contributed by atoms with van der Waals surface area (Å²) < 4.78 is 13.9. The second-order valence-electron chi connectivity index (χ2n) is 5.62. The maximum Gasteiger partial charge on any atom is 0.137 e. The smallest absolute Gasteiger partial charge is 0.137 e. The maximum atomic E-state index is 13.9. The van der Waals surface area contributed by atoms with E-state index in [1.54, 1.807) is 0 Å². The molecule has 1 fully saturated rings. The topological polar surface area (TPSA) is 32.3 Å². The molecule has 2 aromatic rings. The number of nitrogens with zero attached hydrogens (tertiary/aromatic N) is 4. The molecule has 0 aromatic carbocycles. The van der Waals surface area contributed by atoms with Crippen molar-refractivity contribution in [2.75, 3.05) is 33.2 Å². The number of aromatic nitrogens is 2. The molecule has 3 heterocycles. The molecule has 0 atom stereocenters. The first-order valence-corrected chi connectivity index (χ1v) is 7.67. The summed E-state index contributed by atoms with van der Waals surface area (Å²) in [4.78, 5) is 13.0. The molecule has 0 unspecified atom stereocenters. The molecule has 0 bridgehead atoms. The van der Waals surface area contributed by atoms with E-state index in [9.17, 15) is 4.39 Å². The molecule has 4 nitrogen and oxygen atoms in total. The van der Waals surface area contributed by atoms with Crippen LogP contribution in [0.4, 0.5) is 4.39 Å². The first-order valence-electron chi connectivity index (χ1n) is 7.29. The number of piperazine rings is 1. The van der Waals surface area contributed by atoms with Gasteiger partial charge in [-0.05, 0) is 18.7 Å². The van der Waals surface area contributed by atoms with Crippen molar-refractivity contribution in [2.45, 2.75) is 6.54 Å². The van der Waals surface area contributed by atoms with Crippen molar-refractivity contribution in [3.63, 3.8) is 0 Å². The first kappa shape index (κ1) is 15.3. The van der Waals surface area contributed by atoms with E-state index in [1.165, 1.54) is 12.3 Å². The Hall–Kier alpha value is -1.56. The number of likely N-dealkylation sites (N-methyl/N-ethyl adjacent to an activating group) is 1. The molecular formula is C16H18ClFN4. The lowest BCUT2D eigenvalue weighted by Crippen LogP contribution is -2.43. The highest BCUT2D eigenvalue weighted by Gasteiger charge is 2.14. The number of rotatable bonds is 3. The fourth-order valence-electron chi connectivity index (χ4n) is 2.54. The van der Waals surface area contributed by atoms with Gasteiger partial charge in [-0.15, -0.1) is 0 Å². The van der Waals surface area contributed by atoms with E-state index >= 15 is 0 Å². The van der Waals surface area contributed by atoms with E-state index in [-0.39, 0.29) is 5.15 Å². The van der Waals surface area contributed by atoms with Crippen LogP contribution in [0.5, 0.6) is 0 Å². The number of hydrogen-bond acceptors (Lipinski definition) is 4.